The number of nitrogens with one attached hydrogen (secondary N) is 4. The molecule has 0 aromatic heterocycles. The predicted octanol–water partition coefficient (Wildman–Crippen LogP) is 2.67. The van der Waals surface area contributed by atoms with E-state index >= 15 is 0 Å². The van der Waals surface area contributed by atoms with Gasteiger partial charge in [-0.25, -0.2) is 14.4 Å². The Morgan fingerprint density at radius 2 is 0.712 bits per heavy atom. The number of unbranched alkanes of at least 4 members (excludes halogenated alkanes) is 9. The van der Waals surface area contributed by atoms with Crippen molar-refractivity contribution in [1.29, 1.82) is 0 Å². The molecule has 0 unspecified atom stereocenters. The summed E-state index contributed by atoms with van der Waals surface area (Å²) in [6, 6.07) is -4.53. The van der Waals surface area contributed by atoms with Crippen molar-refractivity contribution in [3.05, 3.63) is 0 Å². The number of hydrogen-bond donors (Lipinski definition) is 8. The number of hydrogen-bond acceptors (Lipinski definition) is 9. The lowest BCUT2D eigenvalue weighted by Crippen LogP contribution is -2.44. The van der Waals surface area contributed by atoms with E-state index in [1.165, 1.54) is 6.92 Å². The molecule has 52 heavy (non-hydrogen) atoms. The molecule has 0 bridgehead atoms. The minimum Gasteiger partial charge on any atom is -0.481 e. The SMILES string of the molecule is CC(=O)CC[C@H](NC(=O)CC[C@@H](C)NC(=O)CC[C@H](NC(=O)CC[C@H](NC(=O)CCCCCCCCCCCCC(=O)O)C(=O)O)C(=O)O)C(=O)O. The number of rotatable bonds is 32. The molecule has 4 atom stereocenters. The summed E-state index contributed by atoms with van der Waals surface area (Å²) in [5, 5.41) is 46.5. The van der Waals surface area contributed by atoms with E-state index < -0.39 is 71.7 Å². The van der Waals surface area contributed by atoms with Crippen molar-refractivity contribution in [3.8, 4) is 0 Å². The molecular weight excluding hydrogens is 684 g/mol. The van der Waals surface area contributed by atoms with Gasteiger partial charge in [0.1, 0.15) is 23.9 Å². The minimum atomic E-state index is -1.44. The second-order valence-electron chi connectivity index (χ2n) is 13.1. The maximum atomic E-state index is 12.5. The van der Waals surface area contributed by atoms with Crippen LogP contribution in [-0.2, 0) is 43.2 Å². The summed E-state index contributed by atoms with van der Waals surface area (Å²) in [6.45, 7) is 2.91. The summed E-state index contributed by atoms with van der Waals surface area (Å²) in [4.78, 5) is 106. The van der Waals surface area contributed by atoms with E-state index in [2.05, 4.69) is 21.3 Å². The molecule has 0 aliphatic carbocycles. The van der Waals surface area contributed by atoms with Crippen molar-refractivity contribution in [1.82, 2.24) is 21.3 Å². The number of amides is 4. The molecule has 0 aromatic rings. The number of Topliss-reactive ketones (excluding diaryl/α,β-unsaturated/α-hetero) is 1. The average molecular weight is 743 g/mol. The number of aliphatic carboxylic acids is 4. The molecule has 0 aliphatic rings. The minimum absolute atomic E-state index is 0.00626. The van der Waals surface area contributed by atoms with Crippen LogP contribution >= 0.6 is 0 Å². The van der Waals surface area contributed by atoms with Gasteiger partial charge in [-0.2, -0.15) is 0 Å². The van der Waals surface area contributed by atoms with Crippen LogP contribution in [0.3, 0.4) is 0 Å². The van der Waals surface area contributed by atoms with Gasteiger partial charge in [0.15, 0.2) is 0 Å². The second-order valence-corrected chi connectivity index (χ2v) is 13.1. The molecule has 0 spiro atoms. The van der Waals surface area contributed by atoms with Gasteiger partial charge in [-0.05, 0) is 52.4 Å². The smallest absolute Gasteiger partial charge is 0.326 e. The van der Waals surface area contributed by atoms with Gasteiger partial charge in [0.2, 0.25) is 23.6 Å². The fourth-order valence-corrected chi connectivity index (χ4v) is 5.21. The molecule has 4 amide bonds. The van der Waals surface area contributed by atoms with Gasteiger partial charge in [-0.15, -0.1) is 0 Å². The molecule has 17 nitrogen and oxygen atoms in total. The molecule has 17 heteroatoms. The molecule has 0 saturated carbocycles. The summed E-state index contributed by atoms with van der Waals surface area (Å²) in [7, 11) is 0. The first-order valence-corrected chi connectivity index (χ1v) is 18.1. The Labute approximate surface area is 304 Å². The highest BCUT2D eigenvalue weighted by Gasteiger charge is 2.25. The highest BCUT2D eigenvalue weighted by atomic mass is 16.4. The zero-order valence-electron chi connectivity index (χ0n) is 30.4. The van der Waals surface area contributed by atoms with Gasteiger partial charge >= 0.3 is 23.9 Å². The topological polar surface area (TPSA) is 283 Å². The molecule has 0 radical (unpaired) electrons. The standard InChI is InChI=1S/C35H58N4O13/c1-23(15-20-30(43)38-25(33(47)48)17-16-24(2)40)36-29(42)21-18-27(35(51)52)39-31(44)22-19-26(34(49)50)37-28(41)13-11-9-7-5-3-4-6-8-10-12-14-32(45)46/h23,25-27H,3-22H2,1-2H3,(H,36,42)(H,37,41)(H,38,43)(H,39,44)(H,45,46)(H,47,48)(H,49,50)(H,51,52)/t23-,25+,26+,27+/m1/s1. The third-order valence-electron chi connectivity index (χ3n) is 8.26. The van der Waals surface area contributed by atoms with E-state index in [0.717, 1.165) is 51.4 Å². The lowest BCUT2D eigenvalue weighted by Gasteiger charge is -2.18. The number of carbonyl (C=O) groups is 9. The van der Waals surface area contributed by atoms with Crippen molar-refractivity contribution in [3.63, 3.8) is 0 Å². The first-order valence-electron chi connectivity index (χ1n) is 18.1. The van der Waals surface area contributed by atoms with Crippen LogP contribution in [0, 0.1) is 0 Å². The summed E-state index contributed by atoms with van der Waals surface area (Å²) in [5.41, 5.74) is 0. The van der Waals surface area contributed by atoms with E-state index in [9.17, 15) is 58.5 Å². The van der Waals surface area contributed by atoms with Gasteiger partial charge in [-0.1, -0.05) is 51.4 Å². The van der Waals surface area contributed by atoms with Crippen molar-refractivity contribution in [2.24, 2.45) is 0 Å². The molecule has 0 heterocycles. The van der Waals surface area contributed by atoms with Crippen LogP contribution in [0.1, 0.15) is 142 Å². The zero-order valence-corrected chi connectivity index (χ0v) is 30.4. The van der Waals surface area contributed by atoms with Gasteiger partial charge in [0.25, 0.3) is 0 Å². The van der Waals surface area contributed by atoms with Crippen molar-refractivity contribution >= 4 is 53.3 Å². The fourth-order valence-electron chi connectivity index (χ4n) is 5.21. The molecular formula is C35H58N4O13. The van der Waals surface area contributed by atoms with Crippen molar-refractivity contribution in [2.75, 3.05) is 0 Å². The van der Waals surface area contributed by atoms with Crippen LogP contribution in [-0.4, -0.2) is 97.9 Å². The maximum absolute atomic E-state index is 12.5. The van der Waals surface area contributed by atoms with Gasteiger partial charge in [-0.3, -0.25) is 24.0 Å². The quantitative estimate of drug-likeness (QED) is 0.0461. The number of carboxylic acids is 4. The molecule has 0 aromatic carbocycles. The predicted molar refractivity (Wildman–Crippen MR) is 187 cm³/mol. The lowest BCUT2D eigenvalue weighted by atomic mass is 10.0. The number of carbonyl (C=O) groups excluding carboxylic acids is 5. The van der Waals surface area contributed by atoms with Crippen LogP contribution in [0.15, 0.2) is 0 Å². The normalized spacial score (nSPS) is 13.1. The lowest BCUT2D eigenvalue weighted by molar-refractivity contribution is -0.143. The third-order valence-corrected chi connectivity index (χ3v) is 8.26. The Morgan fingerprint density at radius 1 is 0.404 bits per heavy atom. The highest BCUT2D eigenvalue weighted by molar-refractivity contribution is 5.87. The second kappa shape index (κ2) is 28.1. The molecule has 0 rings (SSSR count). The monoisotopic (exact) mass is 742 g/mol. The Bertz CT molecular complexity index is 1190. The Hall–Kier alpha value is -4.57. The largest absolute Gasteiger partial charge is 0.481 e. The summed E-state index contributed by atoms with van der Waals surface area (Å²) >= 11 is 0. The first kappa shape index (κ1) is 47.4. The van der Waals surface area contributed by atoms with E-state index in [0.29, 0.717) is 12.8 Å². The highest BCUT2D eigenvalue weighted by Crippen LogP contribution is 2.12. The maximum Gasteiger partial charge on any atom is 0.326 e. The number of carboxylic acid groups (broad SMARTS) is 4. The molecule has 0 saturated heterocycles. The van der Waals surface area contributed by atoms with Gasteiger partial charge < -0.3 is 46.5 Å². The molecule has 0 aliphatic heterocycles. The Balaban J connectivity index is 4.42. The number of ketones is 1. The van der Waals surface area contributed by atoms with E-state index in [1.54, 1.807) is 6.92 Å². The zero-order chi connectivity index (χ0) is 39.5. The van der Waals surface area contributed by atoms with Crippen LogP contribution in [0.25, 0.3) is 0 Å². The van der Waals surface area contributed by atoms with Crippen LogP contribution < -0.4 is 21.3 Å². The van der Waals surface area contributed by atoms with E-state index in [4.69, 9.17) is 5.11 Å². The van der Waals surface area contributed by atoms with E-state index in [1.807, 2.05) is 0 Å². The Morgan fingerprint density at radius 3 is 1.08 bits per heavy atom. The Kier molecular flexibility index (Phi) is 25.6. The third kappa shape index (κ3) is 26.3. The average Bonchev–Trinajstić information content (AvgIpc) is 3.05. The van der Waals surface area contributed by atoms with Crippen LogP contribution in [0.2, 0.25) is 0 Å². The van der Waals surface area contributed by atoms with E-state index in [-0.39, 0.29) is 70.0 Å². The van der Waals surface area contributed by atoms with Gasteiger partial charge in [0.05, 0.1) is 0 Å². The molecule has 296 valence electrons. The first-order chi connectivity index (χ1) is 24.5. The summed E-state index contributed by atoms with van der Waals surface area (Å²) in [5.74, 6) is -7.35. The summed E-state index contributed by atoms with van der Waals surface area (Å²) < 4.78 is 0. The molecule has 8 N–H and O–H groups in total. The van der Waals surface area contributed by atoms with Crippen LogP contribution in [0.4, 0.5) is 0 Å². The van der Waals surface area contributed by atoms with Gasteiger partial charge in [0, 0.05) is 44.6 Å². The fraction of sp³-hybridized carbons (Fsp3) is 0.743. The van der Waals surface area contributed by atoms with Crippen molar-refractivity contribution < 1.29 is 63.6 Å². The molecule has 0 fully saturated rings. The van der Waals surface area contributed by atoms with Crippen molar-refractivity contribution in [2.45, 2.75) is 166 Å². The van der Waals surface area contributed by atoms with Crippen LogP contribution in [0.5, 0.6) is 0 Å². The summed E-state index contributed by atoms with van der Waals surface area (Å²) in [6.07, 6.45) is 8.20.